The summed E-state index contributed by atoms with van der Waals surface area (Å²) < 4.78 is 45.3. The van der Waals surface area contributed by atoms with E-state index in [1.165, 1.54) is 12.3 Å². The molecule has 3 rings (SSSR count). The van der Waals surface area contributed by atoms with Crippen molar-refractivity contribution in [2.45, 2.75) is 25.6 Å². The number of pyridine rings is 1. The van der Waals surface area contributed by atoms with Crippen molar-refractivity contribution in [2.75, 3.05) is 6.54 Å². The van der Waals surface area contributed by atoms with Crippen molar-refractivity contribution in [3.63, 3.8) is 0 Å². The second kappa shape index (κ2) is 8.29. The molecule has 0 unspecified atom stereocenters. The summed E-state index contributed by atoms with van der Waals surface area (Å²) in [6.45, 7) is -1.12. The van der Waals surface area contributed by atoms with Gasteiger partial charge >= 0.3 is 12.1 Å². The first-order chi connectivity index (χ1) is 13.8. The van der Waals surface area contributed by atoms with Gasteiger partial charge in [-0.05, 0) is 25.0 Å². The molecule has 1 aliphatic rings. The van der Waals surface area contributed by atoms with E-state index in [2.05, 4.69) is 9.97 Å². The third kappa shape index (κ3) is 4.89. The molecule has 0 aliphatic heterocycles. The van der Waals surface area contributed by atoms with Gasteiger partial charge in [0.2, 0.25) is 11.7 Å². The Kier molecular flexibility index (Phi) is 5.81. The van der Waals surface area contributed by atoms with Crippen LogP contribution in [-0.4, -0.2) is 38.4 Å². The number of aromatic nitrogens is 2. The number of halogens is 3. The van der Waals surface area contributed by atoms with E-state index in [1.54, 1.807) is 30.4 Å². The molecule has 0 bridgehead atoms. The molecule has 0 saturated heterocycles. The lowest BCUT2D eigenvalue weighted by Gasteiger charge is -2.19. The fourth-order valence-corrected chi connectivity index (χ4v) is 2.75. The van der Waals surface area contributed by atoms with Gasteiger partial charge in [-0.1, -0.05) is 24.3 Å². The van der Waals surface area contributed by atoms with Crippen LogP contribution >= 0.6 is 0 Å². The molecule has 2 aromatic heterocycles. The Balaban J connectivity index is 1.99. The van der Waals surface area contributed by atoms with Crippen LogP contribution in [0.1, 0.15) is 40.7 Å². The molecule has 0 saturated carbocycles. The molecule has 0 atom stereocenters. The monoisotopic (exact) mass is 407 g/mol. The lowest BCUT2D eigenvalue weighted by atomic mass is 10.1. The molecule has 29 heavy (non-hydrogen) atoms. The van der Waals surface area contributed by atoms with Crippen LogP contribution in [-0.2, 0) is 17.5 Å². The first-order valence-electron chi connectivity index (χ1n) is 8.62. The number of carbonyl (C=O) groups excluding carboxylic acids is 1. The Hall–Kier alpha value is -3.43. The molecular formula is C19H16F3N3O4. The molecule has 7 nitrogen and oxygen atoms in total. The Bertz CT molecular complexity index is 965. The number of hydrogen-bond acceptors (Lipinski definition) is 5. The standard InChI is InChI=1S/C19H16F3N3O4/c20-19(21,22)16-15(24-17(29-16)12-6-2-1-3-7-12)18(28)25(11-14(26)27)10-13-8-4-5-9-23-13/h2,4-9H,1,3,10-11H2,(H,26,27). The van der Waals surface area contributed by atoms with Gasteiger partial charge in [-0.25, -0.2) is 4.98 Å². The zero-order valence-corrected chi connectivity index (χ0v) is 15.0. The summed E-state index contributed by atoms with van der Waals surface area (Å²) in [5.74, 6) is -4.50. The van der Waals surface area contributed by atoms with Gasteiger partial charge < -0.3 is 14.4 Å². The quantitative estimate of drug-likeness (QED) is 0.787. The van der Waals surface area contributed by atoms with Gasteiger partial charge in [0.1, 0.15) is 6.54 Å². The number of carboxylic acid groups (broad SMARTS) is 1. The topological polar surface area (TPSA) is 96.5 Å². The smallest absolute Gasteiger partial charge is 0.452 e. The van der Waals surface area contributed by atoms with Gasteiger partial charge in [-0.15, -0.1) is 0 Å². The van der Waals surface area contributed by atoms with E-state index in [9.17, 15) is 22.8 Å². The number of aliphatic carboxylic acids is 1. The Morgan fingerprint density at radius 1 is 1.24 bits per heavy atom. The van der Waals surface area contributed by atoms with Gasteiger partial charge in [0.25, 0.3) is 5.91 Å². The van der Waals surface area contributed by atoms with E-state index in [-0.39, 0.29) is 12.4 Å². The molecule has 2 heterocycles. The van der Waals surface area contributed by atoms with Crippen molar-refractivity contribution >= 4 is 17.4 Å². The van der Waals surface area contributed by atoms with Crippen molar-refractivity contribution in [1.82, 2.24) is 14.9 Å². The predicted molar refractivity (Wildman–Crippen MR) is 94.5 cm³/mol. The second-order valence-electron chi connectivity index (χ2n) is 6.21. The zero-order valence-electron chi connectivity index (χ0n) is 15.0. The Morgan fingerprint density at radius 2 is 2.03 bits per heavy atom. The number of rotatable bonds is 6. The average molecular weight is 407 g/mol. The van der Waals surface area contributed by atoms with Crippen LogP contribution in [0, 0.1) is 0 Å². The maximum absolute atomic E-state index is 13.5. The van der Waals surface area contributed by atoms with Gasteiger partial charge in [-0.2, -0.15) is 13.2 Å². The molecule has 0 spiro atoms. The summed E-state index contributed by atoms with van der Waals surface area (Å²) >= 11 is 0. The minimum atomic E-state index is -4.98. The highest BCUT2D eigenvalue weighted by atomic mass is 19.4. The normalized spacial score (nSPS) is 13.8. The number of carbonyl (C=O) groups is 2. The Labute approximate surface area is 163 Å². The summed E-state index contributed by atoms with van der Waals surface area (Å²) in [7, 11) is 0. The third-order valence-electron chi connectivity index (χ3n) is 4.02. The van der Waals surface area contributed by atoms with Crippen LogP contribution in [0.4, 0.5) is 13.2 Å². The number of oxazole rings is 1. The van der Waals surface area contributed by atoms with Crippen LogP contribution in [0.25, 0.3) is 5.57 Å². The summed E-state index contributed by atoms with van der Waals surface area (Å²) in [4.78, 5) is 32.5. The van der Waals surface area contributed by atoms with E-state index in [4.69, 9.17) is 9.52 Å². The van der Waals surface area contributed by atoms with Crippen molar-refractivity contribution < 1.29 is 32.3 Å². The number of hydrogen-bond donors (Lipinski definition) is 1. The highest BCUT2D eigenvalue weighted by molar-refractivity contribution is 5.95. The molecule has 1 N–H and O–H groups in total. The van der Waals surface area contributed by atoms with Gasteiger partial charge in [-0.3, -0.25) is 14.6 Å². The van der Waals surface area contributed by atoms with E-state index >= 15 is 0 Å². The van der Waals surface area contributed by atoms with Crippen molar-refractivity contribution in [3.05, 3.63) is 65.7 Å². The molecule has 2 aromatic rings. The number of amides is 1. The number of carboxylic acids is 1. The number of allylic oxidation sites excluding steroid dienone is 4. The lowest BCUT2D eigenvalue weighted by Crippen LogP contribution is -2.36. The van der Waals surface area contributed by atoms with E-state index in [0.29, 0.717) is 17.7 Å². The fraction of sp³-hybridized carbons (Fsp3) is 0.263. The van der Waals surface area contributed by atoms with Crippen LogP contribution < -0.4 is 0 Å². The van der Waals surface area contributed by atoms with Crippen LogP contribution in [0.5, 0.6) is 0 Å². The van der Waals surface area contributed by atoms with Crippen LogP contribution in [0.3, 0.4) is 0 Å². The van der Waals surface area contributed by atoms with Crippen LogP contribution in [0.2, 0.25) is 0 Å². The maximum atomic E-state index is 13.5. The largest absolute Gasteiger partial charge is 0.480 e. The minimum Gasteiger partial charge on any atom is -0.480 e. The summed E-state index contributed by atoms with van der Waals surface area (Å²) in [6, 6.07) is 4.76. The van der Waals surface area contributed by atoms with Gasteiger partial charge in [0.15, 0.2) is 5.69 Å². The summed E-state index contributed by atoms with van der Waals surface area (Å²) in [5, 5.41) is 9.10. The fourth-order valence-electron chi connectivity index (χ4n) is 2.75. The van der Waals surface area contributed by atoms with E-state index < -0.39 is 36.1 Å². The third-order valence-corrected chi connectivity index (χ3v) is 4.02. The molecule has 0 aromatic carbocycles. The first kappa shape index (κ1) is 20.3. The van der Waals surface area contributed by atoms with E-state index in [0.717, 1.165) is 11.3 Å². The molecule has 0 fully saturated rings. The van der Waals surface area contributed by atoms with Gasteiger partial charge in [0, 0.05) is 11.8 Å². The predicted octanol–water partition coefficient (Wildman–Crippen LogP) is 3.55. The molecular weight excluding hydrogens is 391 g/mol. The highest BCUT2D eigenvalue weighted by Crippen LogP contribution is 2.35. The molecule has 152 valence electrons. The molecule has 0 radical (unpaired) electrons. The summed E-state index contributed by atoms with van der Waals surface area (Å²) in [6.07, 6.45) is 2.76. The number of alkyl halides is 3. The second-order valence-corrected chi connectivity index (χ2v) is 6.21. The molecule has 1 amide bonds. The molecule has 10 heteroatoms. The Morgan fingerprint density at radius 3 is 2.62 bits per heavy atom. The van der Waals surface area contributed by atoms with Gasteiger partial charge in [0.05, 0.1) is 12.2 Å². The number of nitrogens with zero attached hydrogens (tertiary/aromatic N) is 3. The van der Waals surface area contributed by atoms with Crippen molar-refractivity contribution in [1.29, 1.82) is 0 Å². The van der Waals surface area contributed by atoms with Crippen molar-refractivity contribution in [2.24, 2.45) is 0 Å². The first-order valence-corrected chi connectivity index (χ1v) is 8.62. The minimum absolute atomic E-state index is 0.298. The lowest BCUT2D eigenvalue weighted by molar-refractivity contribution is -0.153. The van der Waals surface area contributed by atoms with Crippen LogP contribution in [0.15, 0.2) is 47.0 Å². The average Bonchev–Trinajstić information content (AvgIpc) is 3.14. The maximum Gasteiger partial charge on any atom is 0.452 e. The van der Waals surface area contributed by atoms with E-state index in [1.807, 2.05) is 0 Å². The highest BCUT2D eigenvalue weighted by Gasteiger charge is 2.43. The molecule has 1 aliphatic carbocycles. The van der Waals surface area contributed by atoms with Crippen molar-refractivity contribution in [3.8, 4) is 0 Å². The SMILES string of the molecule is O=C(O)CN(Cc1ccccn1)C(=O)c1nc(C2=CCCC=C2)oc1C(F)(F)F. The zero-order chi connectivity index (χ0) is 21.0. The summed E-state index contributed by atoms with van der Waals surface area (Å²) in [5.41, 5.74) is -0.336.